The molecule has 0 radical (unpaired) electrons. The molecule has 1 aromatic carbocycles. The van der Waals surface area contributed by atoms with Crippen molar-refractivity contribution in [3.8, 4) is 16.3 Å². The molecule has 0 aliphatic carbocycles. The first kappa shape index (κ1) is 16.6. The van der Waals surface area contributed by atoms with Crippen molar-refractivity contribution in [1.82, 2.24) is 15.3 Å². The smallest absolute Gasteiger partial charge is 0.122 e. The highest BCUT2D eigenvalue weighted by Gasteiger charge is 2.06. The molecule has 0 saturated carbocycles. The molecule has 3 rings (SSSR count). The Labute approximate surface area is 146 Å². The molecule has 1 N–H and O–H groups in total. The Bertz CT molecular complexity index is 801. The summed E-state index contributed by atoms with van der Waals surface area (Å²) in [4.78, 5) is 10.2. The van der Waals surface area contributed by atoms with Gasteiger partial charge in [-0.1, -0.05) is 24.3 Å². The predicted octanol–water partition coefficient (Wildman–Crippen LogP) is 3.85. The highest BCUT2D eigenvalue weighted by molar-refractivity contribution is 7.15. The SMILES string of the molecule is COc1ccccc1CCNCc1ncc(-c2cccc(C)n2)s1. The van der Waals surface area contributed by atoms with E-state index in [-0.39, 0.29) is 0 Å². The maximum Gasteiger partial charge on any atom is 0.122 e. The minimum atomic E-state index is 0.769. The Morgan fingerprint density at radius 3 is 2.83 bits per heavy atom. The molecule has 0 bridgehead atoms. The molecule has 0 amide bonds. The number of ether oxygens (including phenoxy) is 1. The fourth-order valence-corrected chi connectivity index (χ4v) is 3.38. The minimum absolute atomic E-state index is 0.769. The molecule has 0 aliphatic rings. The van der Waals surface area contributed by atoms with Gasteiger partial charge in [0, 0.05) is 18.4 Å². The zero-order valence-corrected chi connectivity index (χ0v) is 14.8. The van der Waals surface area contributed by atoms with Crippen LogP contribution < -0.4 is 10.1 Å². The van der Waals surface area contributed by atoms with E-state index in [1.54, 1.807) is 18.4 Å². The van der Waals surface area contributed by atoms with Crippen molar-refractivity contribution >= 4 is 11.3 Å². The number of aromatic nitrogens is 2. The van der Waals surface area contributed by atoms with Gasteiger partial charge in [-0.2, -0.15) is 0 Å². The lowest BCUT2D eigenvalue weighted by molar-refractivity contribution is 0.409. The number of nitrogens with zero attached hydrogens (tertiary/aromatic N) is 2. The number of benzene rings is 1. The van der Waals surface area contributed by atoms with Gasteiger partial charge in [-0.3, -0.25) is 4.98 Å². The van der Waals surface area contributed by atoms with E-state index in [9.17, 15) is 0 Å². The summed E-state index contributed by atoms with van der Waals surface area (Å²) < 4.78 is 5.38. The fourth-order valence-electron chi connectivity index (χ4n) is 2.52. The zero-order chi connectivity index (χ0) is 16.8. The van der Waals surface area contributed by atoms with E-state index in [1.807, 2.05) is 49.5 Å². The molecular weight excluding hydrogens is 318 g/mol. The van der Waals surface area contributed by atoms with Gasteiger partial charge in [-0.05, 0) is 43.7 Å². The maximum atomic E-state index is 5.38. The van der Waals surface area contributed by atoms with Crippen LogP contribution in [0.15, 0.2) is 48.7 Å². The van der Waals surface area contributed by atoms with Crippen molar-refractivity contribution in [2.75, 3.05) is 13.7 Å². The van der Waals surface area contributed by atoms with Crippen LogP contribution in [0.3, 0.4) is 0 Å². The van der Waals surface area contributed by atoms with E-state index >= 15 is 0 Å². The third-order valence-corrected chi connectivity index (χ3v) is 4.75. The molecular formula is C19H21N3OS. The molecule has 0 fully saturated rings. The molecule has 124 valence electrons. The highest BCUT2D eigenvalue weighted by atomic mass is 32.1. The van der Waals surface area contributed by atoms with Crippen molar-refractivity contribution in [1.29, 1.82) is 0 Å². The van der Waals surface area contributed by atoms with E-state index in [0.717, 1.165) is 46.5 Å². The third kappa shape index (κ3) is 4.19. The lowest BCUT2D eigenvalue weighted by Crippen LogP contribution is -2.16. The van der Waals surface area contributed by atoms with Crippen molar-refractivity contribution < 1.29 is 4.74 Å². The first-order chi connectivity index (χ1) is 11.8. The van der Waals surface area contributed by atoms with Gasteiger partial charge in [-0.15, -0.1) is 11.3 Å². The third-order valence-electron chi connectivity index (χ3n) is 3.73. The molecule has 0 aliphatic heterocycles. The number of aryl methyl sites for hydroxylation is 1. The molecule has 3 aromatic rings. The van der Waals surface area contributed by atoms with Crippen LogP contribution in [0.2, 0.25) is 0 Å². The second-order valence-electron chi connectivity index (χ2n) is 5.52. The van der Waals surface area contributed by atoms with E-state index in [2.05, 4.69) is 21.4 Å². The summed E-state index contributed by atoms with van der Waals surface area (Å²) in [6, 6.07) is 14.2. The summed E-state index contributed by atoms with van der Waals surface area (Å²) >= 11 is 1.69. The monoisotopic (exact) mass is 339 g/mol. The normalized spacial score (nSPS) is 10.8. The average molecular weight is 339 g/mol. The Hall–Kier alpha value is -2.24. The highest BCUT2D eigenvalue weighted by Crippen LogP contribution is 2.24. The summed E-state index contributed by atoms with van der Waals surface area (Å²) in [5.74, 6) is 0.946. The summed E-state index contributed by atoms with van der Waals surface area (Å²) in [5, 5.41) is 4.53. The Kier molecular flexibility index (Phi) is 5.56. The number of para-hydroxylation sites is 1. The summed E-state index contributed by atoms with van der Waals surface area (Å²) in [5.41, 5.74) is 3.24. The second kappa shape index (κ2) is 8.04. The van der Waals surface area contributed by atoms with Gasteiger partial charge < -0.3 is 10.1 Å². The number of pyridine rings is 1. The van der Waals surface area contributed by atoms with Crippen LogP contribution in [0.25, 0.3) is 10.6 Å². The van der Waals surface area contributed by atoms with Crippen molar-refractivity contribution in [3.05, 3.63) is 64.9 Å². The van der Waals surface area contributed by atoms with Crippen LogP contribution in [0.4, 0.5) is 0 Å². The number of hydrogen-bond donors (Lipinski definition) is 1. The van der Waals surface area contributed by atoms with Crippen LogP contribution in [0.5, 0.6) is 5.75 Å². The largest absolute Gasteiger partial charge is 0.496 e. The van der Waals surface area contributed by atoms with Crippen molar-refractivity contribution in [2.45, 2.75) is 19.9 Å². The van der Waals surface area contributed by atoms with Crippen LogP contribution in [0, 0.1) is 6.92 Å². The quantitative estimate of drug-likeness (QED) is 0.664. The Morgan fingerprint density at radius 2 is 2.00 bits per heavy atom. The lowest BCUT2D eigenvalue weighted by Gasteiger charge is -2.08. The molecule has 2 heterocycles. The molecule has 2 aromatic heterocycles. The van der Waals surface area contributed by atoms with Gasteiger partial charge >= 0.3 is 0 Å². The number of hydrogen-bond acceptors (Lipinski definition) is 5. The Morgan fingerprint density at radius 1 is 1.12 bits per heavy atom. The molecule has 4 nitrogen and oxygen atoms in total. The van der Waals surface area contributed by atoms with E-state index in [0.29, 0.717) is 0 Å². The van der Waals surface area contributed by atoms with Gasteiger partial charge in [0.1, 0.15) is 10.8 Å². The van der Waals surface area contributed by atoms with Crippen LogP contribution in [-0.2, 0) is 13.0 Å². The van der Waals surface area contributed by atoms with Gasteiger partial charge in [0.25, 0.3) is 0 Å². The molecule has 0 spiro atoms. The topological polar surface area (TPSA) is 47.0 Å². The van der Waals surface area contributed by atoms with E-state index in [1.165, 1.54) is 5.56 Å². The first-order valence-corrected chi connectivity index (χ1v) is 8.79. The summed E-state index contributed by atoms with van der Waals surface area (Å²) in [6.07, 6.45) is 2.84. The lowest BCUT2D eigenvalue weighted by atomic mass is 10.1. The van der Waals surface area contributed by atoms with Gasteiger partial charge in [-0.25, -0.2) is 4.98 Å². The van der Waals surface area contributed by atoms with E-state index in [4.69, 9.17) is 4.74 Å². The zero-order valence-electron chi connectivity index (χ0n) is 14.0. The molecule has 0 unspecified atom stereocenters. The van der Waals surface area contributed by atoms with Gasteiger partial charge in [0.05, 0.1) is 17.7 Å². The Balaban J connectivity index is 1.53. The van der Waals surface area contributed by atoms with Crippen LogP contribution in [0.1, 0.15) is 16.3 Å². The van der Waals surface area contributed by atoms with Crippen LogP contribution >= 0.6 is 11.3 Å². The fraction of sp³-hybridized carbons (Fsp3) is 0.263. The summed E-state index contributed by atoms with van der Waals surface area (Å²) in [7, 11) is 1.71. The second-order valence-corrected chi connectivity index (χ2v) is 6.64. The number of thiazole rings is 1. The van der Waals surface area contributed by atoms with Gasteiger partial charge in [0.2, 0.25) is 0 Å². The number of nitrogens with one attached hydrogen (secondary N) is 1. The van der Waals surface area contributed by atoms with Gasteiger partial charge in [0.15, 0.2) is 0 Å². The molecule has 5 heteroatoms. The molecule has 0 atom stereocenters. The average Bonchev–Trinajstić information content (AvgIpc) is 3.08. The maximum absolute atomic E-state index is 5.38. The molecule has 0 saturated heterocycles. The standard InChI is InChI=1S/C19H21N3OS/c1-14-6-5-8-16(22-14)18-12-21-19(24-18)13-20-11-10-15-7-3-4-9-17(15)23-2/h3-9,12,20H,10-11,13H2,1-2H3. The van der Waals surface area contributed by atoms with Crippen molar-refractivity contribution in [2.24, 2.45) is 0 Å². The minimum Gasteiger partial charge on any atom is -0.496 e. The summed E-state index contributed by atoms with van der Waals surface area (Å²) in [6.45, 7) is 3.66. The predicted molar refractivity (Wildman–Crippen MR) is 98.5 cm³/mol. The molecule has 24 heavy (non-hydrogen) atoms. The first-order valence-electron chi connectivity index (χ1n) is 7.97. The number of rotatable bonds is 7. The van der Waals surface area contributed by atoms with E-state index < -0.39 is 0 Å². The van der Waals surface area contributed by atoms with Crippen molar-refractivity contribution in [3.63, 3.8) is 0 Å². The number of methoxy groups -OCH3 is 1. The van der Waals surface area contributed by atoms with Crippen LogP contribution in [-0.4, -0.2) is 23.6 Å².